The molecule has 0 bridgehead atoms. The molecular weight excluding hydrogens is 350 g/mol. The molecule has 136 valence electrons. The van der Waals surface area contributed by atoms with E-state index in [2.05, 4.69) is 52.9 Å². The minimum absolute atomic E-state index is 0.0591. The highest BCUT2D eigenvalue weighted by Crippen LogP contribution is 2.24. The second-order valence-corrected chi connectivity index (χ2v) is 7.68. The molecule has 3 rings (SSSR count). The number of rotatable bonds is 5. The lowest BCUT2D eigenvalue weighted by atomic mass is 9.96. The summed E-state index contributed by atoms with van der Waals surface area (Å²) in [5, 5.41) is 4.34. The highest BCUT2D eigenvalue weighted by atomic mass is 32.1. The lowest BCUT2D eigenvalue weighted by Crippen LogP contribution is -2.15. The molecular formula is C19H21N3O3S. The molecule has 1 aromatic carbocycles. The number of fused-ring (bicyclic) bond motifs is 1. The number of nitrogens with zero attached hydrogens (tertiary/aromatic N) is 3. The monoisotopic (exact) mass is 371 g/mol. The van der Waals surface area contributed by atoms with Gasteiger partial charge >= 0.3 is 5.97 Å². The molecule has 0 N–H and O–H groups in total. The van der Waals surface area contributed by atoms with Gasteiger partial charge in [0.25, 0.3) is 5.56 Å². The molecule has 7 heteroatoms. The Morgan fingerprint density at radius 2 is 1.92 bits per heavy atom. The van der Waals surface area contributed by atoms with Crippen molar-refractivity contribution in [3.8, 4) is 0 Å². The van der Waals surface area contributed by atoms with Gasteiger partial charge < -0.3 is 4.74 Å². The van der Waals surface area contributed by atoms with Crippen molar-refractivity contribution in [1.29, 1.82) is 0 Å². The molecule has 1 atom stereocenters. The molecule has 0 saturated carbocycles. The third kappa shape index (κ3) is 3.67. The number of carbonyl (C=O) groups excluding carboxylic acids is 1. The molecule has 0 aliphatic rings. The Labute approximate surface area is 155 Å². The van der Waals surface area contributed by atoms with Crippen molar-refractivity contribution in [3.63, 3.8) is 0 Å². The van der Waals surface area contributed by atoms with Gasteiger partial charge in [0.2, 0.25) is 4.96 Å². The molecule has 2 heterocycles. The standard InChI is InChI=1S/C19H21N3O3S/c1-11(2)9-13-5-7-14(8-6-13)12(3)17-20-19-22(21-17)16(23)10-15(26-19)18(24)25-4/h5-8,10-12H,9H2,1-4H3. The van der Waals surface area contributed by atoms with Crippen LogP contribution in [0.1, 0.15) is 53.3 Å². The smallest absolute Gasteiger partial charge is 0.348 e. The second kappa shape index (κ2) is 7.37. The van der Waals surface area contributed by atoms with E-state index in [1.54, 1.807) is 0 Å². The summed E-state index contributed by atoms with van der Waals surface area (Å²) >= 11 is 1.09. The zero-order valence-electron chi connectivity index (χ0n) is 15.2. The largest absolute Gasteiger partial charge is 0.465 e. The number of aromatic nitrogens is 3. The van der Waals surface area contributed by atoms with Crippen LogP contribution in [0.2, 0.25) is 0 Å². The van der Waals surface area contributed by atoms with Crippen molar-refractivity contribution in [2.75, 3.05) is 7.11 Å². The Bertz CT molecular complexity index is 989. The first-order valence-electron chi connectivity index (χ1n) is 8.47. The van der Waals surface area contributed by atoms with Crippen LogP contribution in [0.15, 0.2) is 35.1 Å². The summed E-state index contributed by atoms with van der Waals surface area (Å²) in [7, 11) is 1.28. The van der Waals surface area contributed by atoms with Crippen LogP contribution in [-0.4, -0.2) is 27.7 Å². The molecule has 0 fully saturated rings. The van der Waals surface area contributed by atoms with E-state index < -0.39 is 11.5 Å². The van der Waals surface area contributed by atoms with E-state index in [0.717, 1.165) is 23.3 Å². The van der Waals surface area contributed by atoms with E-state index in [1.807, 2.05) is 6.92 Å². The summed E-state index contributed by atoms with van der Waals surface area (Å²) < 4.78 is 5.91. The van der Waals surface area contributed by atoms with Crippen LogP contribution >= 0.6 is 11.3 Å². The van der Waals surface area contributed by atoms with Crippen molar-refractivity contribution in [3.05, 3.63) is 62.5 Å². The topological polar surface area (TPSA) is 73.6 Å². The number of hydrogen-bond acceptors (Lipinski definition) is 6. The second-order valence-electron chi connectivity index (χ2n) is 6.67. The minimum Gasteiger partial charge on any atom is -0.465 e. The number of esters is 1. The fraction of sp³-hybridized carbons (Fsp3) is 0.368. The third-order valence-corrected chi connectivity index (χ3v) is 5.11. The van der Waals surface area contributed by atoms with Gasteiger partial charge in [-0.05, 0) is 23.5 Å². The van der Waals surface area contributed by atoms with Crippen LogP contribution in [0.4, 0.5) is 0 Å². The number of hydrogen-bond donors (Lipinski definition) is 0. The van der Waals surface area contributed by atoms with Gasteiger partial charge in [0.1, 0.15) is 4.88 Å². The Balaban J connectivity index is 1.93. The summed E-state index contributed by atoms with van der Waals surface area (Å²) in [6, 6.07) is 9.63. The summed E-state index contributed by atoms with van der Waals surface area (Å²) in [4.78, 5) is 28.9. The van der Waals surface area contributed by atoms with Crippen molar-refractivity contribution in [2.24, 2.45) is 5.92 Å². The first-order valence-corrected chi connectivity index (χ1v) is 9.28. The van der Waals surface area contributed by atoms with Gasteiger partial charge in [-0.3, -0.25) is 4.79 Å². The van der Waals surface area contributed by atoms with Crippen LogP contribution in [0.25, 0.3) is 4.96 Å². The quantitative estimate of drug-likeness (QED) is 0.644. The highest BCUT2D eigenvalue weighted by Gasteiger charge is 2.18. The summed E-state index contributed by atoms with van der Waals surface area (Å²) in [5.41, 5.74) is 1.99. The third-order valence-electron chi connectivity index (χ3n) is 4.16. The average molecular weight is 371 g/mol. The van der Waals surface area contributed by atoms with E-state index in [-0.39, 0.29) is 10.8 Å². The van der Waals surface area contributed by atoms with E-state index >= 15 is 0 Å². The van der Waals surface area contributed by atoms with Gasteiger partial charge in [-0.1, -0.05) is 56.4 Å². The SMILES string of the molecule is COC(=O)c1cc(=O)n2nc(C(C)c3ccc(CC(C)C)cc3)nc2s1. The zero-order chi connectivity index (χ0) is 18.8. The Morgan fingerprint density at radius 1 is 1.23 bits per heavy atom. The summed E-state index contributed by atoms with van der Waals surface area (Å²) in [5.74, 6) is 0.556. The van der Waals surface area contributed by atoms with E-state index in [4.69, 9.17) is 0 Å². The van der Waals surface area contributed by atoms with Gasteiger partial charge in [-0.15, -0.1) is 5.10 Å². The number of carbonyl (C=O) groups is 1. The van der Waals surface area contributed by atoms with E-state index in [0.29, 0.717) is 16.7 Å². The molecule has 0 aliphatic carbocycles. The Hall–Kier alpha value is -2.54. The minimum atomic E-state index is -0.548. The Kier molecular flexibility index (Phi) is 5.18. The highest BCUT2D eigenvalue weighted by molar-refractivity contribution is 7.18. The summed E-state index contributed by atoms with van der Waals surface area (Å²) in [6.45, 7) is 6.39. The first-order chi connectivity index (χ1) is 12.4. The fourth-order valence-electron chi connectivity index (χ4n) is 2.77. The first kappa shape index (κ1) is 18.3. The summed E-state index contributed by atoms with van der Waals surface area (Å²) in [6.07, 6.45) is 1.04. The molecule has 2 aromatic heterocycles. The molecule has 0 radical (unpaired) electrons. The molecule has 1 unspecified atom stereocenters. The van der Waals surface area contributed by atoms with Crippen LogP contribution in [0, 0.1) is 5.92 Å². The molecule has 0 spiro atoms. The van der Waals surface area contributed by atoms with E-state index in [9.17, 15) is 9.59 Å². The fourth-order valence-corrected chi connectivity index (χ4v) is 3.65. The molecule has 0 amide bonds. The van der Waals surface area contributed by atoms with Gasteiger partial charge in [-0.25, -0.2) is 9.78 Å². The van der Waals surface area contributed by atoms with E-state index in [1.165, 1.54) is 23.3 Å². The maximum Gasteiger partial charge on any atom is 0.348 e. The lowest BCUT2D eigenvalue weighted by Gasteiger charge is -2.10. The molecule has 3 aromatic rings. The molecule has 26 heavy (non-hydrogen) atoms. The van der Waals surface area contributed by atoms with Gasteiger partial charge in [0.15, 0.2) is 5.82 Å². The maximum absolute atomic E-state index is 12.2. The van der Waals surface area contributed by atoms with Crippen molar-refractivity contribution < 1.29 is 9.53 Å². The average Bonchev–Trinajstić information content (AvgIpc) is 3.05. The van der Waals surface area contributed by atoms with Crippen LogP contribution in [-0.2, 0) is 11.2 Å². The molecule has 6 nitrogen and oxygen atoms in total. The zero-order valence-corrected chi connectivity index (χ0v) is 16.0. The lowest BCUT2D eigenvalue weighted by molar-refractivity contribution is 0.0606. The van der Waals surface area contributed by atoms with Gasteiger partial charge in [0, 0.05) is 12.0 Å². The van der Waals surface area contributed by atoms with Gasteiger partial charge in [-0.2, -0.15) is 4.52 Å². The van der Waals surface area contributed by atoms with Crippen LogP contribution in [0.5, 0.6) is 0 Å². The van der Waals surface area contributed by atoms with Crippen molar-refractivity contribution >= 4 is 22.3 Å². The van der Waals surface area contributed by atoms with Crippen LogP contribution < -0.4 is 5.56 Å². The predicted molar refractivity (Wildman–Crippen MR) is 101 cm³/mol. The number of ether oxygens (including phenoxy) is 1. The Morgan fingerprint density at radius 3 is 2.54 bits per heavy atom. The molecule has 0 saturated heterocycles. The van der Waals surface area contributed by atoms with Crippen molar-refractivity contribution in [2.45, 2.75) is 33.1 Å². The van der Waals surface area contributed by atoms with Crippen LogP contribution in [0.3, 0.4) is 0 Å². The normalized spacial score (nSPS) is 12.5. The predicted octanol–water partition coefficient (Wildman–Crippen LogP) is 3.29. The number of benzene rings is 1. The number of methoxy groups -OCH3 is 1. The maximum atomic E-state index is 12.2. The molecule has 0 aliphatic heterocycles. The van der Waals surface area contributed by atoms with Gasteiger partial charge in [0.05, 0.1) is 7.11 Å². The van der Waals surface area contributed by atoms with Crippen molar-refractivity contribution in [1.82, 2.24) is 14.6 Å².